The molecule has 4 rings (SSSR count). The fourth-order valence-electron chi connectivity index (χ4n) is 3.38. The monoisotopic (exact) mass is 172 g/mol. The molecular formula is C12H12O. The van der Waals surface area contributed by atoms with Crippen molar-refractivity contribution in [3.8, 4) is 0 Å². The van der Waals surface area contributed by atoms with E-state index in [9.17, 15) is 0 Å². The van der Waals surface area contributed by atoms with Gasteiger partial charge in [-0.15, -0.1) is 0 Å². The highest BCUT2D eigenvalue weighted by Crippen LogP contribution is 2.71. The second kappa shape index (κ2) is 1.69. The Balaban J connectivity index is 2.05. The van der Waals surface area contributed by atoms with Gasteiger partial charge in [-0.2, -0.15) is 0 Å². The lowest BCUT2D eigenvalue weighted by molar-refractivity contribution is -0.0382. The Morgan fingerprint density at radius 3 is 3.15 bits per heavy atom. The number of hydrogen-bond donors (Lipinski definition) is 0. The van der Waals surface area contributed by atoms with E-state index in [4.69, 9.17) is 4.74 Å². The van der Waals surface area contributed by atoms with Gasteiger partial charge in [0.05, 0.1) is 11.7 Å². The quantitative estimate of drug-likeness (QED) is 0.584. The van der Waals surface area contributed by atoms with Gasteiger partial charge in [0.25, 0.3) is 0 Å². The van der Waals surface area contributed by atoms with Gasteiger partial charge in [0, 0.05) is 0 Å². The van der Waals surface area contributed by atoms with Crippen molar-refractivity contribution in [2.24, 2.45) is 11.8 Å². The van der Waals surface area contributed by atoms with Gasteiger partial charge in [0.2, 0.25) is 0 Å². The fourth-order valence-corrected chi connectivity index (χ4v) is 3.38. The minimum absolute atomic E-state index is 0.0753. The first-order valence-corrected chi connectivity index (χ1v) is 5.08. The first-order valence-electron chi connectivity index (χ1n) is 5.08. The van der Waals surface area contributed by atoms with Gasteiger partial charge >= 0.3 is 0 Å². The molecule has 0 aromatic heterocycles. The maximum Gasteiger partial charge on any atom is 0.0947 e. The summed E-state index contributed by atoms with van der Waals surface area (Å²) in [5.74, 6) is 1.67. The maximum atomic E-state index is 6.09. The Hall–Kier alpha value is -0.820. The normalized spacial score (nSPS) is 48.8. The Kier molecular flexibility index (Phi) is 0.859. The number of rotatable bonds is 0. The van der Waals surface area contributed by atoms with Crippen LogP contribution in [0, 0.1) is 11.8 Å². The lowest BCUT2D eigenvalue weighted by atomic mass is 9.83. The van der Waals surface area contributed by atoms with Crippen LogP contribution in [0.25, 0.3) is 0 Å². The van der Waals surface area contributed by atoms with E-state index >= 15 is 0 Å². The highest BCUT2D eigenvalue weighted by molar-refractivity contribution is 5.44. The summed E-state index contributed by atoms with van der Waals surface area (Å²) in [6.07, 6.45) is 1.82. The minimum Gasteiger partial charge on any atom is -0.362 e. The molecule has 66 valence electrons. The van der Waals surface area contributed by atoms with Gasteiger partial charge in [-0.05, 0) is 36.3 Å². The van der Waals surface area contributed by atoms with Crippen LogP contribution in [0.1, 0.15) is 30.6 Å². The summed E-state index contributed by atoms with van der Waals surface area (Å²) in [7, 11) is 0. The molecule has 3 aliphatic rings. The zero-order valence-corrected chi connectivity index (χ0v) is 7.66. The summed E-state index contributed by atoms with van der Waals surface area (Å²) in [5.41, 5.74) is 2.99. The Bertz CT molecular complexity index is 398. The van der Waals surface area contributed by atoms with E-state index in [-0.39, 0.29) is 5.60 Å². The molecule has 0 radical (unpaired) electrons. The third-order valence-electron chi connectivity index (χ3n) is 4.11. The van der Waals surface area contributed by atoms with Gasteiger partial charge in [-0.3, -0.25) is 0 Å². The van der Waals surface area contributed by atoms with E-state index in [1.807, 2.05) is 0 Å². The van der Waals surface area contributed by atoms with E-state index in [0.717, 1.165) is 11.8 Å². The molecule has 1 heteroatoms. The largest absolute Gasteiger partial charge is 0.362 e. The van der Waals surface area contributed by atoms with Gasteiger partial charge < -0.3 is 4.74 Å². The molecule has 0 amide bonds. The number of benzene rings is 1. The molecule has 4 unspecified atom stereocenters. The Morgan fingerprint density at radius 1 is 1.38 bits per heavy atom. The topological polar surface area (TPSA) is 9.23 Å². The predicted octanol–water partition coefficient (Wildman–Crippen LogP) is 2.62. The Morgan fingerprint density at radius 2 is 2.23 bits per heavy atom. The molecule has 1 saturated carbocycles. The summed E-state index contributed by atoms with van der Waals surface area (Å²) in [4.78, 5) is 0. The molecular weight excluding hydrogens is 160 g/mol. The molecule has 0 spiro atoms. The molecule has 1 saturated heterocycles. The van der Waals surface area contributed by atoms with Crippen LogP contribution in [0.4, 0.5) is 0 Å². The highest BCUT2D eigenvalue weighted by Gasteiger charge is 2.67. The van der Waals surface area contributed by atoms with Crippen LogP contribution < -0.4 is 0 Å². The van der Waals surface area contributed by atoms with Crippen LogP contribution in [-0.2, 0) is 10.3 Å². The average molecular weight is 172 g/mol. The molecule has 1 aliphatic carbocycles. The van der Waals surface area contributed by atoms with Crippen molar-refractivity contribution in [3.63, 3.8) is 0 Å². The van der Waals surface area contributed by atoms with Crippen LogP contribution in [0.3, 0.4) is 0 Å². The van der Waals surface area contributed by atoms with Crippen LogP contribution in [0.2, 0.25) is 0 Å². The van der Waals surface area contributed by atoms with E-state index < -0.39 is 0 Å². The Labute approximate surface area is 77.7 Å². The highest BCUT2D eigenvalue weighted by atomic mass is 16.5. The molecule has 13 heavy (non-hydrogen) atoms. The van der Waals surface area contributed by atoms with E-state index in [2.05, 4.69) is 31.2 Å². The van der Waals surface area contributed by atoms with Crippen molar-refractivity contribution in [2.75, 3.05) is 0 Å². The second-order valence-corrected chi connectivity index (χ2v) is 4.74. The first-order chi connectivity index (χ1) is 6.31. The predicted molar refractivity (Wildman–Crippen MR) is 49.2 cm³/mol. The van der Waals surface area contributed by atoms with Crippen LogP contribution in [0.5, 0.6) is 0 Å². The molecule has 4 atom stereocenters. The lowest BCUT2D eigenvalue weighted by Gasteiger charge is -2.22. The van der Waals surface area contributed by atoms with Gasteiger partial charge in [-0.25, -0.2) is 0 Å². The van der Waals surface area contributed by atoms with E-state index in [1.54, 1.807) is 0 Å². The smallest absolute Gasteiger partial charge is 0.0947 e. The molecule has 2 fully saturated rings. The summed E-state index contributed by atoms with van der Waals surface area (Å²) >= 11 is 0. The molecule has 2 aliphatic heterocycles. The van der Waals surface area contributed by atoms with Crippen molar-refractivity contribution >= 4 is 0 Å². The third kappa shape index (κ3) is 0.556. The summed E-state index contributed by atoms with van der Waals surface area (Å²) in [6, 6.07) is 8.73. The SMILES string of the molecule is CC12OC(c3ccccc31)C1CC12. The van der Waals surface area contributed by atoms with Gasteiger partial charge in [-0.1, -0.05) is 24.3 Å². The van der Waals surface area contributed by atoms with E-state index in [0.29, 0.717) is 6.10 Å². The molecule has 1 aromatic carbocycles. The lowest BCUT2D eigenvalue weighted by Crippen LogP contribution is -2.21. The number of fused-ring (bicyclic) bond motifs is 8. The number of ether oxygens (including phenoxy) is 1. The molecule has 1 nitrogen and oxygen atoms in total. The third-order valence-corrected chi connectivity index (χ3v) is 4.11. The first kappa shape index (κ1) is 6.61. The summed E-state index contributed by atoms with van der Waals surface area (Å²) < 4.78 is 6.09. The minimum atomic E-state index is 0.0753. The van der Waals surface area contributed by atoms with Crippen LogP contribution in [-0.4, -0.2) is 0 Å². The van der Waals surface area contributed by atoms with Crippen molar-refractivity contribution in [3.05, 3.63) is 35.4 Å². The standard InChI is InChI=1S/C12H12O/c1-12-9-5-3-2-4-7(9)11(13-12)8-6-10(8)12/h2-5,8,10-11H,6H2,1H3. The maximum absolute atomic E-state index is 6.09. The van der Waals surface area contributed by atoms with E-state index in [1.165, 1.54) is 17.5 Å². The zero-order chi connectivity index (χ0) is 8.63. The zero-order valence-electron chi connectivity index (χ0n) is 7.66. The van der Waals surface area contributed by atoms with Crippen molar-refractivity contribution in [2.45, 2.75) is 25.0 Å². The van der Waals surface area contributed by atoms with Gasteiger partial charge in [0.15, 0.2) is 0 Å². The van der Waals surface area contributed by atoms with Crippen molar-refractivity contribution in [1.82, 2.24) is 0 Å². The van der Waals surface area contributed by atoms with Crippen LogP contribution >= 0.6 is 0 Å². The van der Waals surface area contributed by atoms with Gasteiger partial charge in [0.1, 0.15) is 0 Å². The summed E-state index contributed by atoms with van der Waals surface area (Å²) in [5, 5.41) is 0. The van der Waals surface area contributed by atoms with Crippen molar-refractivity contribution < 1.29 is 4.74 Å². The second-order valence-electron chi connectivity index (χ2n) is 4.74. The van der Waals surface area contributed by atoms with Crippen molar-refractivity contribution in [1.29, 1.82) is 0 Å². The molecule has 2 heterocycles. The molecule has 2 bridgehead atoms. The molecule has 1 aromatic rings. The molecule has 0 N–H and O–H groups in total. The summed E-state index contributed by atoms with van der Waals surface area (Å²) in [6.45, 7) is 2.27. The number of hydrogen-bond acceptors (Lipinski definition) is 1. The van der Waals surface area contributed by atoms with Crippen LogP contribution in [0.15, 0.2) is 24.3 Å². The fraction of sp³-hybridized carbons (Fsp3) is 0.500. The average Bonchev–Trinajstić information content (AvgIpc) is 2.84.